The quantitative estimate of drug-likeness (QED) is 0.416. The molecule has 0 spiro atoms. The van der Waals surface area contributed by atoms with E-state index in [-0.39, 0.29) is 13.0 Å². The summed E-state index contributed by atoms with van der Waals surface area (Å²) in [4.78, 5) is 7.92. The van der Waals surface area contributed by atoms with Gasteiger partial charge in [-0.3, -0.25) is 0 Å². The minimum absolute atomic E-state index is 0.00203. The molecule has 0 bridgehead atoms. The molecule has 0 radical (unpaired) electrons. The molecule has 0 unspecified atom stereocenters. The van der Waals surface area contributed by atoms with Crippen LogP contribution in [0.25, 0.3) is 0 Å². The Hall–Kier alpha value is -1.57. The van der Waals surface area contributed by atoms with Crippen LogP contribution < -0.4 is 16.6 Å². The van der Waals surface area contributed by atoms with Crippen molar-refractivity contribution in [1.82, 2.24) is 9.97 Å². The van der Waals surface area contributed by atoms with Crippen LogP contribution in [-0.4, -0.2) is 22.7 Å². The largest absolute Gasteiger partial charge is 0.389 e. The summed E-state index contributed by atoms with van der Waals surface area (Å²) in [5, 5.41) is 2.86. The average Bonchev–Trinajstić information content (AvgIpc) is 2.32. The van der Waals surface area contributed by atoms with E-state index in [2.05, 4.69) is 20.7 Å². The number of nitrogens with two attached hydrogens (primary N) is 1. The number of rotatable bonds is 6. The second-order valence-electron chi connectivity index (χ2n) is 3.69. The van der Waals surface area contributed by atoms with Crippen molar-refractivity contribution >= 4 is 11.6 Å². The standard InChI is InChI=1S/C10H16F3N5/c1-2-7-8(16-6-17-9(7)18-14)15-5-3-4-10(11,12)13/h6H,2-5,14H2,1H3,(H2,15,16,17,18). The van der Waals surface area contributed by atoms with Gasteiger partial charge in [-0.1, -0.05) is 6.92 Å². The first-order chi connectivity index (χ1) is 8.48. The van der Waals surface area contributed by atoms with Crippen LogP contribution in [0, 0.1) is 0 Å². The number of halogens is 3. The van der Waals surface area contributed by atoms with E-state index in [9.17, 15) is 13.2 Å². The first-order valence-corrected chi connectivity index (χ1v) is 5.59. The zero-order valence-corrected chi connectivity index (χ0v) is 10.0. The highest BCUT2D eigenvalue weighted by molar-refractivity contribution is 5.56. The van der Waals surface area contributed by atoms with Crippen molar-refractivity contribution in [2.75, 3.05) is 17.3 Å². The lowest BCUT2D eigenvalue weighted by molar-refractivity contribution is -0.134. The van der Waals surface area contributed by atoms with Crippen molar-refractivity contribution < 1.29 is 13.2 Å². The van der Waals surface area contributed by atoms with Crippen LogP contribution in [0.15, 0.2) is 6.33 Å². The SMILES string of the molecule is CCc1c(NN)ncnc1NCCCC(F)(F)F. The Morgan fingerprint density at radius 3 is 2.50 bits per heavy atom. The molecule has 4 N–H and O–H groups in total. The van der Waals surface area contributed by atoms with Gasteiger partial charge in [0.1, 0.15) is 18.0 Å². The highest BCUT2D eigenvalue weighted by atomic mass is 19.4. The van der Waals surface area contributed by atoms with Crippen LogP contribution in [0.2, 0.25) is 0 Å². The Balaban J connectivity index is 2.57. The predicted molar refractivity (Wildman–Crippen MR) is 63.0 cm³/mol. The maximum atomic E-state index is 12.0. The summed E-state index contributed by atoms with van der Waals surface area (Å²) >= 11 is 0. The molecule has 18 heavy (non-hydrogen) atoms. The van der Waals surface area contributed by atoms with E-state index in [0.29, 0.717) is 18.1 Å². The lowest BCUT2D eigenvalue weighted by atomic mass is 10.2. The number of alkyl halides is 3. The van der Waals surface area contributed by atoms with Gasteiger partial charge in [0.05, 0.1) is 0 Å². The molecule has 0 aliphatic carbocycles. The Labute approximate surface area is 103 Å². The average molecular weight is 263 g/mol. The number of hydrogen-bond donors (Lipinski definition) is 3. The van der Waals surface area contributed by atoms with Crippen LogP contribution in [0.4, 0.5) is 24.8 Å². The molecule has 0 fully saturated rings. The smallest absolute Gasteiger partial charge is 0.370 e. The molecule has 102 valence electrons. The number of anilines is 2. The monoisotopic (exact) mass is 263 g/mol. The first kappa shape index (κ1) is 14.5. The van der Waals surface area contributed by atoms with Gasteiger partial charge in [-0.2, -0.15) is 13.2 Å². The van der Waals surface area contributed by atoms with Crippen molar-refractivity contribution in [2.24, 2.45) is 5.84 Å². The van der Waals surface area contributed by atoms with Crippen molar-refractivity contribution in [3.05, 3.63) is 11.9 Å². The fourth-order valence-corrected chi connectivity index (χ4v) is 1.52. The molecule has 0 saturated heterocycles. The maximum Gasteiger partial charge on any atom is 0.389 e. The molecule has 0 amide bonds. The summed E-state index contributed by atoms with van der Waals surface area (Å²) in [7, 11) is 0. The number of nitrogens with one attached hydrogen (secondary N) is 2. The molecule has 8 heteroatoms. The molecule has 1 aromatic rings. The van der Waals surface area contributed by atoms with Crippen molar-refractivity contribution in [3.8, 4) is 0 Å². The van der Waals surface area contributed by atoms with E-state index in [1.54, 1.807) is 0 Å². The van der Waals surface area contributed by atoms with E-state index in [1.807, 2.05) is 6.92 Å². The topological polar surface area (TPSA) is 75.9 Å². The Bertz CT molecular complexity index is 380. The first-order valence-electron chi connectivity index (χ1n) is 5.59. The number of nitrogens with zero attached hydrogens (tertiary/aromatic N) is 2. The fourth-order valence-electron chi connectivity index (χ4n) is 1.52. The highest BCUT2D eigenvalue weighted by Crippen LogP contribution is 2.22. The maximum absolute atomic E-state index is 12.0. The van der Waals surface area contributed by atoms with E-state index in [0.717, 1.165) is 5.56 Å². The summed E-state index contributed by atoms with van der Waals surface area (Å²) in [6.07, 6.45) is -3.00. The fraction of sp³-hybridized carbons (Fsp3) is 0.600. The van der Waals surface area contributed by atoms with Gasteiger partial charge in [0.15, 0.2) is 0 Å². The molecule has 1 heterocycles. The summed E-state index contributed by atoms with van der Waals surface area (Å²) in [6, 6.07) is 0. The molecule has 0 saturated carbocycles. The molecular weight excluding hydrogens is 247 g/mol. The summed E-state index contributed by atoms with van der Waals surface area (Å²) < 4.78 is 35.9. The minimum atomic E-state index is -4.12. The van der Waals surface area contributed by atoms with Crippen LogP contribution >= 0.6 is 0 Å². The second kappa shape index (κ2) is 6.39. The van der Waals surface area contributed by atoms with Gasteiger partial charge in [0, 0.05) is 18.5 Å². The third-order valence-electron chi connectivity index (χ3n) is 2.37. The summed E-state index contributed by atoms with van der Waals surface area (Å²) in [6.45, 7) is 2.09. The van der Waals surface area contributed by atoms with Gasteiger partial charge in [0.2, 0.25) is 0 Å². The molecule has 1 rings (SSSR count). The van der Waals surface area contributed by atoms with Crippen LogP contribution in [0.5, 0.6) is 0 Å². The van der Waals surface area contributed by atoms with Gasteiger partial charge in [-0.25, -0.2) is 15.8 Å². The molecular formula is C10H16F3N5. The molecule has 0 atom stereocenters. The van der Waals surface area contributed by atoms with Crippen molar-refractivity contribution in [2.45, 2.75) is 32.4 Å². The number of aromatic nitrogens is 2. The highest BCUT2D eigenvalue weighted by Gasteiger charge is 2.25. The predicted octanol–water partition coefficient (Wildman–Crippen LogP) is 2.08. The van der Waals surface area contributed by atoms with E-state index in [1.165, 1.54) is 6.33 Å². The lowest BCUT2D eigenvalue weighted by Gasteiger charge is -2.13. The van der Waals surface area contributed by atoms with Crippen LogP contribution in [-0.2, 0) is 6.42 Å². The van der Waals surface area contributed by atoms with E-state index < -0.39 is 12.6 Å². The van der Waals surface area contributed by atoms with Crippen molar-refractivity contribution in [3.63, 3.8) is 0 Å². The number of hydrazine groups is 1. The Kier molecular flexibility index (Phi) is 5.14. The van der Waals surface area contributed by atoms with Gasteiger partial charge in [0.25, 0.3) is 0 Å². The normalized spacial score (nSPS) is 11.4. The lowest BCUT2D eigenvalue weighted by Crippen LogP contribution is -2.15. The van der Waals surface area contributed by atoms with E-state index in [4.69, 9.17) is 5.84 Å². The van der Waals surface area contributed by atoms with Gasteiger partial charge < -0.3 is 10.7 Å². The third kappa shape index (κ3) is 4.36. The molecule has 0 aliphatic rings. The number of hydrogen-bond acceptors (Lipinski definition) is 5. The second-order valence-corrected chi connectivity index (χ2v) is 3.69. The zero-order chi connectivity index (χ0) is 13.6. The van der Waals surface area contributed by atoms with Gasteiger partial charge in [-0.05, 0) is 12.8 Å². The van der Waals surface area contributed by atoms with Crippen LogP contribution in [0.1, 0.15) is 25.3 Å². The molecule has 0 aromatic carbocycles. The summed E-state index contributed by atoms with van der Waals surface area (Å²) in [5.41, 5.74) is 3.19. The zero-order valence-electron chi connectivity index (χ0n) is 10.0. The Morgan fingerprint density at radius 1 is 1.28 bits per heavy atom. The van der Waals surface area contributed by atoms with E-state index >= 15 is 0 Å². The third-order valence-corrected chi connectivity index (χ3v) is 2.37. The molecule has 0 aliphatic heterocycles. The van der Waals surface area contributed by atoms with Gasteiger partial charge >= 0.3 is 6.18 Å². The van der Waals surface area contributed by atoms with Crippen molar-refractivity contribution in [1.29, 1.82) is 0 Å². The minimum Gasteiger partial charge on any atom is -0.370 e. The number of nitrogen functional groups attached to an aromatic ring is 1. The molecule has 1 aromatic heterocycles. The van der Waals surface area contributed by atoms with Crippen LogP contribution in [0.3, 0.4) is 0 Å². The Morgan fingerprint density at radius 2 is 1.94 bits per heavy atom. The molecule has 5 nitrogen and oxygen atoms in total. The van der Waals surface area contributed by atoms with Gasteiger partial charge in [-0.15, -0.1) is 0 Å². The summed E-state index contributed by atoms with van der Waals surface area (Å²) in [5.74, 6) is 6.28.